The summed E-state index contributed by atoms with van der Waals surface area (Å²) in [7, 11) is 0. The maximum atomic E-state index is 6.00. The van der Waals surface area contributed by atoms with Crippen LogP contribution in [0.15, 0.2) is 0 Å². The zero-order valence-corrected chi connectivity index (χ0v) is 40.2. The minimum Gasteiger partial charge on any atom is -0.381 e. The van der Waals surface area contributed by atoms with Gasteiger partial charge in [0.15, 0.2) is 0 Å². The lowest BCUT2D eigenvalue weighted by Crippen LogP contribution is -2.27. The van der Waals surface area contributed by atoms with E-state index in [1.807, 2.05) is 6.92 Å². The number of hydrogen-bond acceptors (Lipinski definition) is 14. The predicted octanol–water partition coefficient (Wildman–Crippen LogP) is 6.81. The molecule has 0 aromatic carbocycles. The summed E-state index contributed by atoms with van der Waals surface area (Å²) in [6, 6.07) is 0. The standard InChI is InChI=1S/C25H48O8.C12H24O3.C10H20O3/c1-22(2)6-15-26-9-3-12-29-18-25(31-14-5-11-28-17-8-24-21-33-24)19-30-13-4-10-27-16-7-23-20-32-23;1-10(2)5-13-8-12(3,4)9-14-6-11-7-15-11;1-8(2)4-12-9(3)5-11-6-10-7-13-10/h22-25H,3-21H2,1-2H3;10-11H,5-9H2,1-4H3;8-10H,4-7H2,1-3H3. The fourth-order valence-electron chi connectivity index (χ4n) is 5.21. The molecule has 0 aromatic rings. The van der Waals surface area contributed by atoms with Crippen LogP contribution in [-0.4, -0.2) is 182 Å². The molecule has 0 bridgehead atoms. The average Bonchev–Trinajstić information content (AvgIpc) is 3.98. The van der Waals surface area contributed by atoms with Crippen LogP contribution in [-0.2, 0) is 66.3 Å². The number of ether oxygens (including phenoxy) is 14. The third-order valence-electron chi connectivity index (χ3n) is 9.28. The van der Waals surface area contributed by atoms with Gasteiger partial charge in [-0.1, -0.05) is 55.4 Å². The average molecular weight is 881 g/mol. The first-order valence-corrected chi connectivity index (χ1v) is 23.7. The van der Waals surface area contributed by atoms with Crippen molar-refractivity contribution < 1.29 is 66.3 Å². The van der Waals surface area contributed by atoms with Gasteiger partial charge >= 0.3 is 0 Å². The Morgan fingerprint density at radius 1 is 0.426 bits per heavy atom. The molecule has 0 aliphatic carbocycles. The first kappa shape index (κ1) is 56.6. The Balaban J connectivity index is 0.000000374. The van der Waals surface area contributed by atoms with Crippen LogP contribution in [0.5, 0.6) is 0 Å². The molecule has 0 spiro atoms. The van der Waals surface area contributed by atoms with Gasteiger partial charge in [0.05, 0.1) is 91.0 Å². The van der Waals surface area contributed by atoms with E-state index < -0.39 is 0 Å². The van der Waals surface area contributed by atoms with Gasteiger partial charge in [0, 0.05) is 78.1 Å². The van der Waals surface area contributed by atoms with E-state index in [2.05, 4.69) is 55.4 Å². The van der Waals surface area contributed by atoms with E-state index in [1.165, 1.54) is 0 Å². The van der Waals surface area contributed by atoms with Crippen LogP contribution < -0.4 is 0 Å². The van der Waals surface area contributed by atoms with Gasteiger partial charge in [-0.05, 0) is 63.2 Å². The number of epoxide rings is 4. The zero-order valence-electron chi connectivity index (χ0n) is 40.2. The predicted molar refractivity (Wildman–Crippen MR) is 237 cm³/mol. The molecule has 4 aliphatic heterocycles. The molecule has 0 aromatic heterocycles. The quantitative estimate of drug-likeness (QED) is 0.0469. The Labute approximate surface area is 371 Å². The van der Waals surface area contributed by atoms with E-state index >= 15 is 0 Å². The third-order valence-corrected chi connectivity index (χ3v) is 9.28. The summed E-state index contributed by atoms with van der Waals surface area (Å²) in [5.41, 5.74) is 0.101. The van der Waals surface area contributed by atoms with Crippen molar-refractivity contribution in [2.24, 2.45) is 23.2 Å². The summed E-state index contributed by atoms with van der Waals surface area (Å²) in [5, 5.41) is 0. The van der Waals surface area contributed by atoms with Gasteiger partial charge in [-0.3, -0.25) is 0 Å². The highest BCUT2D eigenvalue weighted by Gasteiger charge is 2.26. The molecule has 6 unspecified atom stereocenters. The van der Waals surface area contributed by atoms with Gasteiger partial charge in [-0.15, -0.1) is 0 Å². The molecule has 0 N–H and O–H groups in total. The maximum Gasteiger partial charge on any atom is 0.104 e. The first-order valence-electron chi connectivity index (χ1n) is 23.7. The molecule has 14 heteroatoms. The van der Waals surface area contributed by atoms with E-state index in [9.17, 15) is 0 Å². The summed E-state index contributed by atoms with van der Waals surface area (Å²) in [6.45, 7) is 35.7. The molecule has 4 heterocycles. The van der Waals surface area contributed by atoms with Crippen LogP contribution in [0.2, 0.25) is 0 Å². The van der Waals surface area contributed by atoms with Gasteiger partial charge in [0.1, 0.15) is 18.3 Å². The van der Waals surface area contributed by atoms with Crippen molar-refractivity contribution in [1.29, 1.82) is 0 Å². The second kappa shape index (κ2) is 36.6. The molecule has 4 aliphatic rings. The highest BCUT2D eigenvalue weighted by Crippen LogP contribution is 2.18. The third kappa shape index (κ3) is 41.9. The fourth-order valence-corrected chi connectivity index (χ4v) is 5.21. The monoisotopic (exact) mass is 881 g/mol. The van der Waals surface area contributed by atoms with Crippen LogP contribution in [0.4, 0.5) is 0 Å². The number of rotatable bonds is 41. The Bertz CT molecular complexity index is 928. The van der Waals surface area contributed by atoms with Gasteiger partial charge in [0.25, 0.3) is 0 Å². The van der Waals surface area contributed by atoms with E-state index in [1.54, 1.807) is 0 Å². The summed E-state index contributed by atoms with van der Waals surface area (Å²) in [5.74, 6) is 1.87. The molecule has 4 rings (SSSR count). The second-order valence-electron chi connectivity index (χ2n) is 18.8. The van der Waals surface area contributed by atoms with Crippen molar-refractivity contribution in [2.45, 2.75) is 137 Å². The van der Waals surface area contributed by atoms with E-state index in [0.717, 1.165) is 138 Å². The fraction of sp³-hybridized carbons (Fsp3) is 1.00. The Morgan fingerprint density at radius 3 is 1.38 bits per heavy atom. The van der Waals surface area contributed by atoms with E-state index in [0.29, 0.717) is 88.4 Å². The normalized spacial score (nSPS) is 21.2. The molecule has 0 saturated carbocycles. The Morgan fingerprint density at radius 2 is 0.885 bits per heavy atom. The van der Waals surface area contributed by atoms with Crippen LogP contribution in [0.1, 0.15) is 101 Å². The molecule has 6 atom stereocenters. The first-order chi connectivity index (χ1) is 29.4. The van der Waals surface area contributed by atoms with Gasteiger partial charge in [0.2, 0.25) is 0 Å². The van der Waals surface area contributed by atoms with Crippen molar-refractivity contribution in [3.63, 3.8) is 0 Å². The zero-order chi connectivity index (χ0) is 44.4. The van der Waals surface area contributed by atoms with Crippen molar-refractivity contribution >= 4 is 0 Å². The largest absolute Gasteiger partial charge is 0.381 e. The van der Waals surface area contributed by atoms with Gasteiger partial charge < -0.3 is 66.3 Å². The molecule has 4 fully saturated rings. The van der Waals surface area contributed by atoms with Gasteiger partial charge in [-0.2, -0.15) is 0 Å². The van der Waals surface area contributed by atoms with Crippen molar-refractivity contribution in [3.8, 4) is 0 Å². The molecule has 14 nitrogen and oxygen atoms in total. The van der Waals surface area contributed by atoms with Crippen LogP contribution >= 0.6 is 0 Å². The molecule has 364 valence electrons. The SMILES string of the molecule is CC(C)CCOCCCOCC(COCCCOCCC1CO1)OCCCOCCC1CO1.CC(C)COC(C)COCC1CO1.CC(C)COCC(C)(C)COCC1CO1. The van der Waals surface area contributed by atoms with Crippen LogP contribution in [0.3, 0.4) is 0 Å². The Kier molecular flexibility index (Phi) is 34.0. The summed E-state index contributed by atoms with van der Waals surface area (Å²) < 4.78 is 77.1. The van der Waals surface area contributed by atoms with Crippen molar-refractivity contribution in [2.75, 3.05) is 145 Å². The summed E-state index contributed by atoms with van der Waals surface area (Å²) in [4.78, 5) is 0. The summed E-state index contributed by atoms with van der Waals surface area (Å²) >= 11 is 0. The minimum absolute atomic E-state index is 0.0698. The molecule has 61 heavy (non-hydrogen) atoms. The minimum atomic E-state index is -0.0698. The molecular weight excluding hydrogens is 789 g/mol. The lowest BCUT2D eigenvalue weighted by molar-refractivity contribution is -0.0674. The lowest BCUT2D eigenvalue weighted by Gasteiger charge is -2.24. The summed E-state index contributed by atoms with van der Waals surface area (Å²) in [6.07, 6.45) is 7.44. The van der Waals surface area contributed by atoms with Crippen molar-refractivity contribution in [1.82, 2.24) is 0 Å². The smallest absolute Gasteiger partial charge is 0.104 e. The molecule has 0 radical (unpaired) electrons. The topological polar surface area (TPSA) is 142 Å². The highest BCUT2D eigenvalue weighted by atomic mass is 16.6. The number of hydrogen-bond donors (Lipinski definition) is 0. The molecule has 0 amide bonds. The molecule has 4 saturated heterocycles. The molecular formula is C47H92O14. The van der Waals surface area contributed by atoms with Crippen LogP contribution in [0.25, 0.3) is 0 Å². The second-order valence-corrected chi connectivity index (χ2v) is 18.8. The Hall–Kier alpha value is -0.560. The highest BCUT2D eigenvalue weighted by molar-refractivity contribution is 4.72. The van der Waals surface area contributed by atoms with Gasteiger partial charge in [-0.25, -0.2) is 0 Å². The van der Waals surface area contributed by atoms with Crippen LogP contribution in [0, 0.1) is 23.2 Å². The van der Waals surface area contributed by atoms with E-state index in [4.69, 9.17) is 66.3 Å². The van der Waals surface area contributed by atoms with Crippen molar-refractivity contribution in [3.05, 3.63) is 0 Å². The lowest BCUT2D eigenvalue weighted by atomic mass is 9.96. The maximum absolute atomic E-state index is 6.00. The van der Waals surface area contributed by atoms with E-state index in [-0.39, 0.29) is 17.6 Å².